The quantitative estimate of drug-likeness (QED) is 0.640. The minimum Gasteiger partial charge on any atom is -0.330 e. The van der Waals surface area contributed by atoms with Crippen molar-refractivity contribution in [1.29, 1.82) is 0 Å². The van der Waals surface area contributed by atoms with E-state index < -0.39 is 6.03 Å². The third kappa shape index (κ3) is 5.10. The molecule has 24 heavy (non-hydrogen) atoms. The average molecular weight is 346 g/mol. The van der Waals surface area contributed by atoms with E-state index in [9.17, 15) is 14.4 Å². The van der Waals surface area contributed by atoms with Gasteiger partial charge >= 0.3 is 6.03 Å². The molecule has 0 fully saturated rings. The van der Waals surface area contributed by atoms with E-state index in [0.717, 1.165) is 5.56 Å². The van der Waals surface area contributed by atoms with Crippen LogP contribution in [0, 0.1) is 0 Å². The molecule has 0 aliphatic heterocycles. The predicted octanol–water partition coefficient (Wildman–Crippen LogP) is 2.41. The molecule has 0 spiro atoms. The van der Waals surface area contributed by atoms with Crippen LogP contribution in [0.25, 0.3) is 0 Å². The lowest BCUT2D eigenvalue weighted by molar-refractivity contribution is -0.114. The number of carbonyl (C=O) groups excluding carboxylic acids is 3. The van der Waals surface area contributed by atoms with Crippen molar-refractivity contribution in [3.05, 3.63) is 52.2 Å². The number of rotatable bonds is 4. The first kappa shape index (κ1) is 17.5. The first-order chi connectivity index (χ1) is 11.5. The van der Waals surface area contributed by atoms with Gasteiger partial charge in [0.2, 0.25) is 5.91 Å². The lowest BCUT2D eigenvalue weighted by Gasteiger charge is -2.16. The molecular formula is C16H18N4O3S. The van der Waals surface area contributed by atoms with E-state index in [2.05, 4.69) is 21.5 Å². The number of hydrogen-bond acceptors (Lipinski definition) is 4. The summed E-state index contributed by atoms with van der Waals surface area (Å²) in [5, 5.41) is 7.17. The molecule has 2 rings (SSSR count). The number of thiophene rings is 1. The highest BCUT2D eigenvalue weighted by Gasteiger charge is 2.12. The Hall–Kier alpha value is -2.87. The second kappa shape index (κ2) is 8.11. The third-order valence-electron chi connectivity index (χ3n) is 3.09. The summed E-state index contributed by atoms with van der Waals surface area (Å²) in [6, 6.07) is 9.74. The number of urea groups is 1. The first-order valence-corrected chi connectivity index (χ1v) is 8.11. The van der Waals surface area contributed by atoms with Gasteiger partial charge in [0.25, 0.3) is 5.91 Å². The molecule has 0 saturated heterocycles. The van der Waals surface area contributed by atoms with Gasteiger partial charge in [-0.3, -0.25) is 15.0 Å². The SMILES string of the molecule is CC(=O)Nc1cccc([C@@H](C)NC(=O)NNC(=O)c2cccs2)c1. The summed E-state index contributed by atoms with van der Waals surface area (Å²) < 4.78 is 0. The van der Waals surface area contributed by atoms with Crippen LogP contribution in [0.5, 0.6) is 0 Å². The van der Waals surface area contributed by atoms with Gasteiger partial charge < -0.3 is 10.6 Å². The average Bonchev–Trinajstić information content (AvgIpc) is 3.06. The molecule has 1 aromatic carbocycles. The third-order valence-corrected chi connectivity index (χ3v) is 3.96. The van der Waals surface area contributed by atoms with E-state index in [-0.39, 0.29) is 17.9 Å². The molecule has 1 heterocycles. The van der Waals surface area contributed by atoms with Gasteiger partial charge in [0.1, 0.15) is 0 Å². The Kier molecular flexibility index (Phi) is 5.91. The molecule has 7 nitrogen and oxygen atoms in total. The lowest BCUT2D eigenvalue weighted by atomic mass is 10.1. The summed E-state index contributed by atoms with van der Waals surface area (Å²) in [4.78, 5) is 35.2. The monoisotopic (exact) mass is 346 g/mol. The Balaban J connectivity index is 1.87. The second-order valence-corrected chi connectivity index (χ2v) is 6.01. The van der Waals surface area contributed by atoms with Gasteiger partial charge in [0.05, 0.1) is 10.9 Å². The number of amides is 4. The largest absolute Gasteiger partial charge is 0.333 e. The van der Waals surface area contributed by atoms with Crippen molar-refractivity contribution in [2.24, 2.45) is 0 Å². The van der Waals surface area contributed by atoms with Crippen molar-refractivity contribution < 1.29 is 14.4 Å². The molecule has 4 N–H and O–H groups in total. The molecule has 0 unspecified atom stereocenters. The molecule has 2 aromatic rings. The van der Waals surface area contributed by atoms with Crippen LogP contribution in [-0.2, 0) is 4.79 Å². The van der Waals surface area contributed by atoms with Gasteiger partial charge in [-0.1, -0.05) is 18.2 Å². The fraction of sp³-hybridized carbons (Fsp3) is 0.188. The zero-order valence-electron chi connectivity index (χ0n) is 13.3. The van der Waals surface area contributed by atoms with Crippen LogP contribution in [0.4, 0.5) is 10.5 Å². The maximum Gasteiger partial charge on any atom is 0.333 e. The van der Waals surface area contributed by atoms with E-state index in [1.54, 1.807) is 42.6 Å². The zero-order valence-corrected chi connectivity index (χ0v) is 14.1. The topological polar surface area (TPSA) is 99.3 Å². The number of nitrogens with one attached hydrogen (secondary N) is 4. The molecule has 4 amide bonds. The Bertz CT molecular complexity index is 731. The molecule has 8 heteroatoms. The highest BCUT2D eigenvalue weighted by atomic mass is 32.1. The fourth-order valence-electron chi connectivity index (χ4n) is 1.99. The normalized spacial score (nSPS) is 11.2. The van der Waals surface area contributed by atoms with Crippen LogP contribution >= 0.6 is 11.3 Å². The van der Waals surface area contributed by atoms with Crippen LogP contribution in [0.15, 0.2) is 41.8 Å². The predicted molar refractivity (Wildman–Crippen MR) is 92.6 cm³/mol. The minimum atomic E-state index is -0.530. The van der Waals surface area contributed by atoms with Crippen molar-refractivity contribution in [3.8, 4) is 0 Å². The molecule has 1 atom stereocenters. The molecular weight excluding hydrogens is 328 g/mol. The molecule has 0 saturated carbocycles. The van der Waals surface area contributed by atoms with Crippen LogP contribution in [0.2, 0.25) is 0 Å². The smallest absolute Gasteiger partial charge is 0.330 e. The van der Waals surface area contributed by atoms with Crippen molar-refractivity contribution in [3.63, 3.8) is 0 Å². The van der Waals surface area contributed by atoms with Crippen molar-refractivity contribution in [1.82, 2.24) is 16.2 Å². The number of hydrazine groups is 1. The Morgan fingerprint density at radius 2 is 1.88 bits per heavy atom. The number of carbonyl (C=O) groups is 3. The molecule has 1 aromatic heterocycles. The maximum absolute atomic E-state index is 11.9. The first-order valence-electron chi connectivity index (χ1n) is 7.23. The van der Waals surface area contributed by atoms with E-state index in [1.165, 1.54) is 18.3 Å². The van der Waals surface area contributed by atoms with Crippen molar-refractivity contribution in [2.45, 2.75) is 19.9 Å². The van der Waals surface area contributed by atoms with Gasteiger partial charge in [-0.05, 0) is 36.1 Å². The van der Waals surface area contributed by atoms with E-state index >= 15 is 0 Å². The molecule has 0 radical (unpaired) electrons. The van der Waals surface area contributed by atoms with Crippen LogP contribution in [-0.4, -0.2) is 17.8 Å². The zero-order chi connectivity index (χ0) is 17.5. The molecule has 0 aliphatic rings. The molecule has 0 bridgehead atoms. The van der Waals surface area contributed by atoms with Crippen LogP contribution < -0.4 is 21.5 Å². The summed E-state index contributed by atoms with van der Waals surface area (Å²) in [5.41, 5.74) is 6.11. The Morgan fingerprint density at radius 1 is 1.08 bits per heavy atom. The van der Waals surface area contributed by atoms with Gasteiger partial charge in [-0.25, -0.2) is 10.2 Å². The molecule has 126 valence electrons. The standard InChI is InChI=1S/C16H18N4O3S/c1-10(12-5-3-6-13(9-12)18-11(2)21)17-16(23)20-19-15(22)14-7-4-8-24-14/h3-10H,1-2H3,(H,18,21)(H,19,22)(H2,17,20,23)/t10-/m1/s1. The van der Waals surface area contributed by atoms with Crippen LogP contribution in [0.3, 0.4) is 0 Å². The number of hydrogen-bond donors (Lipinski definition) is 4. The number of benzene rings is 1. The van der Waals surface area contributed by atoms with Gasteiger partial charge in [0, 0.05) is 12.6 Å². The second-order valence-electron chi connectivity index (χ2n) is 5.06. The summed E-state index contributed by atoms with van der Waals surface area (Å²) in [6.07, 6.45) is 0. The highest BCUT2D eigenvalue weighted by Crippen LogP contribution is 2.17. The van der Waals surface area contributed by atoms with Crippen molar-refractivity contribution in [2.75, 3.05) is 5.32 Å². The molecule has 0 aliphatic carbocycles. The van der Waals surface area contributed by atoms with Crippen LogP contribution in [0.1, 0.15) is 35.1 Å². The summed E-state index contributed by atoms with van der Waals surface area (Å²) >= 11 is 1.28. The highest BCUT2D eigenvalue weighted by molar-refractivity contribution is 7.12. The summed E-state index contributed by atoms with van der Waals surface area (Å²) in [5.74, 6) is -0.540. The van der Waals surface area contributed by atoms with Gasteiger partial charge in [0.15, 0.2) is 0 Å². The summed E-state index contributed by atoms with van der Waals surface area (Å²) in [6.45, 7) is 3.23. The van der Waals surface area contributed by atoms with Gasteiger partial charge in [-0.2, -0.15) is 0 Å². The number of anilines is 1. The maximum atomic E-state index is 11.9. The van der Waals surface area contributed by atoms with E-state index in [1.807, 2.05) is 6.07 Å². The summed E-state index contributed by atoms with van der Waals surface area (Å²) in [7, 11) is 0. The van der Waals surface area contributed by atoms with Gasteiger partial charge in [-0.15, -0.1) is 11.3 Å². The Morgan fingerprint density at radius 3 is 2.54 bits per heavy atom. The van der Waals surface area contributed by atoms with Crippen molar-refractivity contribution >= 4 is 34.9 Å². The van der Waals surface area contributed by atoms with E-state index in [4.69, 9.17) is 0 Å². The minimum absolute atomic E-state index is 0.165. The lowest BCUT2D eigenvalue weighted by Crippen LogP contribution is -2.47. The fourth-order valence-corrected chi connectivity index (χ4v) is 2.61. The Labute approximate surface area is 143 Å². The van der Waals surface area contributed by atoms with E-state index in [0.29, 0.717) is 10.6 Å².